The maximum absolute atomic E-state index is 13.7. The molecule has 0 unspecified atom stereocenters. The summed E-state index contributed by atoms with van der Waals surface area (Å²) in [5.41, 5.74) is 1.22. The van der Waals surface area contributed by atoms with Crippen molar-refractivity contribution in [1.82, 2.24) is 9.29 Å². The maximum atomic E-state index is 13.7. The molecule has 3 heterocycles. The Bertz CT molecular complexity index is 1590. The topological polar surface area (TPSA) is 109 Å². The molecule has 2 aromatic heterocycles. The van der Waals surface area contributed by atoms with Crippen molar-refractivity contribution in [2.75, 3.05) is 18.9 Å². The molecule has 16 heteroatoms. The Hall–Kier alpha value is -2.23. The van der Waals surface area contributed by atoms with E-state index >= 15 is 0 Å². The van der Waals surface area contributed by atoms with Crippen molar-refractivity contribution in [2.24, 2.45) is 5.92 Å². The zero-order chi connectivity index (χ0) is 30.9. The molecule has 43 heavy (non-hydrogen) atoms. The third-order valence-electron chi connectivity index (χ3n) is 6.83. The van der Waals surface area contributed by atoms with Gasteiger partial charge >= 0.3 is 12.6 Å². The number of thioether (sulfide) groups is 1. The van der Waals surface area contributed by atoms with E-state index in [2.05, 4.69) is 14.7 Å². The number of H-pyrrole nitrogens is 1. The van der Waals surface area contributed by atoms with Gasteiger partial charge in [0.2, 0.25) is 0 Å². The number of ether oxygens (including phenoxy) is 3. The lowest BCUT2D eigenvalue weighted by molar-refractivity contribution is -0.377. The largest absolute Gasteiger partial charge is 0.489 e. The number of alkyl halides is 2. The van der Waals surface area contributed by atoms with Crippen LogP contribution in [0.1, 0.15) is 40.8 Å². The van der Waals surface area contributed by atoms with Crippen LogP contribution in [-0.2, 0) is 26.0 Å². The molecule has 1 saturated carbocycles. The number of aromatic amines is 1. The lowest BCUT2D eigenvalue weighted by atomic mass is 10.0. The summed E-state index contributed by atoms with van der Waals surface area (Å²) in [4.78, 5) is 20.7. The number of aryl methyl sites for hydroxylation is 2. The first-order valence-electron chi connectivity index (χ1n) is 13.3. The smallest absolute Gasteiger partial charge is 0.387 e. The number of halogens is 4. The second-order valence-electron chi connectivity index (χ2n) is 10.0. The van der Waals surface area contributed by atoms with Gasteiger partial charge in [-0.1, -0.05) is 29.3 Å². The van der Waals surface area contributed by atoms with Crippen LogP contribution in [0.2, 0.25) is 10.0 Å². The molecule has 232 valence electrons. The predicted molar refractivity (Wildman–Crippen MR) is 159 cm³/mol. The monoisotopic (exact) mass is 694 g/mol. The number of esters is 1. The summed E-state index contributed by atoms with van der Waals surface area (Å²) in [5, 5.41) is 0.00475. The second-order valence-corrected chi connectivity index (χ2v) is 15.3. The molecule has 0 amide bonds. The molecule has 9 nitrogen and oxygen atoms in total. The first-order chi connectivity index (χ1) is 20.4. The summed E-state index contributed by atoms with van der Waals surface area (Å²) >= 11 is 15.0. The third-order valence-corrected chi connectivity index (χ3v) is 12.3. The number of pyridine rings is 1. The van der Waals surface area contributed by atoms with Crippen LogP contribution < -0.4 is 14.5 Å². The first-order valence-corrected chi connectivity index (χ1v) is 17.3. The highest BCUT2D eigenvalue weighted by Crippen LogP contribution is 2.40. The van der Waals surface area contributed by atoms with Gasteiger partial charge in [-0.25, -0.2) is 23.2 Å². The molecule has 5 rings (SSSR count). The minimum absolute atomic E-state index is 0.00644. The molecule has 1 aliphatic carbocycles. The Kier molecular flexibility index (Phi) is 10.0. The van der Waals surface area contributed by atoms with Crippen LogP contribution in [0.25, 0.3) is 0 Å². The average molecular weight is 696 g/mol. The lowest BCUT2D eigenvalue weighted by Gasteiger charge is -2.25. The van der Waals surface area contributed by atoms with Gasteiger partial charge in [-0.3, -0.25) is 0 Å². The normalized spacial score (nSPS) is 18.2. The van der Waals surface area contributed by atoms with Gasteiger partial charge in [-0.15, -0.1) is 23.1 Å². The van der Waals surface area contributed by atoms with Crippen molar-refractivity contribution < 1.29 is 41.2 Å². The van der Waals surface area contributed by atoms with Gasteiger partial charge in [0.1, 0.15) is 16.1 Å². The first kappa shape index (κ1) is 32.2. The average Bonchev–Trinajstić information content (AvgIpc) is 3.50. The fourth-order valence-corrected chi connectivity index (χ4v) is 9.73. The van der Waals surface area contributed by atoms with Crippen LogP contribution in [0.5, 0.6) is 11.5 Å². The Labute approximate surface area is 265 Å². The second kappa shape index (κ2) is 13.4. The summed E-state index contributed by atoms with van der Waals surface area (Å²) in [7, 11) is -4.04. The van der Waals surface area contributed by atoms with Gasteiger partial charge in [0.05, 0.1) is 17.3 Å². The van der Waals surface area contributed by atoms with Gasteiger partial charge in [-0.2, -0.15) is 13.1 Å². The van der Waals surface area contributed by atoms with Gasteiger partial charge < -0.3 is 14.2 Å². The van der Waals surface area contributed by atoms with Crippen molar-refractivity contribution in [3.8, 4) is 11.5 Å². The molecule has 2 atom stereocenters. The highest BCUT2D eigenvalue weighted by atomic mass is 35.5. The van der Waals surface area contributed by atoms with Crippen LogP contribution in [0.15, 0.2) is 34.8 Å². The number of thiazole rings is 1. The van der Waals surface area contributed by atoms with Crippen LogP contribution >= 0.6 is 46.3 Å². The van der Waals surface area contributed by atoms with Gasteiger partial charge in [0.15, 0.2) is 33.5 Å². The molecule has 1 aromatic carbocycles. The van der Waals surface area contributed by atoms with E-state index < -0.39 is 34.1 Å². The molecule has 0 spiro atoms. The van der Waals surface area contributed by atoms with E-state index in [0.29, 0.717) is 40.1 Å². The quantitative estimate of drug-likeness (QED) is 0.217. The molecule has 3 aromatic rings. The van der Waals surface area contributed by atoms with E-state index in [4.69, 9.17) is 32.7 Å². The van der Waals surface area contributed by atoms with Crippen molar-refractivity contribution >= 4 is 62.3 Å². The van der Waals surface area contributed by atoms with Crippen LogP contribution in [-0.4, -0.2) is 54.6 Å². The van der Waals surface area contributed by atoms with Crippen molar-refractivity contribution in [1.29, 1.82) is 0 Å². The maximum Gasteiger partial charge on any atom is 0.387 e. The molecule has 0 bridgehead atoms. The van der Waals surface area contributed by atoms with E-state index in [9.17, 15) is 22.0 Å². The molecule has 2 fully saturated rings. The number of carbonyl (C=O) groups excluding carboxylic acids is 1. The minimum atomic E-state index is -4.04. The van der Waals surface area contributed by atoms with Crippen LogP contribution in [0.3, 0.4) is 0 Å². The summed E-state index contributed by atoms with van der Waals surface area (Å²) < 4.78 is 71.1. The van der Waals surface area contributed by atoms with Crippen molar-refractivity contribution in [2.45, 2.75) is 55.4 Å². The van der Waals surface area contributed by atoms with E-state index in [1.165, 1.54) is 30.6 Å². The minimum Gasteiger partial charge on any atom is -0.489 e. The number of benzene rings is 1. The fraction of sp³-hybridized carbons (Fsp3) is 0.444. The molecule has 1 aliphatic heterocycles. The summed E-state index contributed by atoms with van der Waals surface area (Å²) in [6, 6.07) is 4.29. The van der Waals surface area contributed by atoms with Crippen molar-refractivity contribution in [3.05, 3.63) is 62.5 Å². The molecule has 1 saturated heterocycles. The number of carbonyl (C=O) groups is 1. The van der Waals surface area contributed by atoms with E-state index in [1.807, 2.05) is 0 Å². The van der Waals surface area contributed by atoms with Gasteiger partial charge in [0, 0.05) is 24.3 Å². The number of nitrogens with zero attached hydrogens (tertiary/aromatic N) is 2. The van der Waals surface area contributed by atoms with E-state index in [1.54, 1.807) is 13.8 Å². The molecule has 0 radical (unpaired) electrons. The Morgan fingerprint density at radius 3 is 2.53 bits per heavy atom. The van der Waals surface area contributed by atoms with E-state index in [0.717, 1.165) is 40.2 Å². The fourth-order valence-electron chi connectivity index (χ4n) is 4.55. The van der Waals surface area contributed by atoms with Crippen LogP contribution in [0.4, 0.5) is 8.78 Å². The molecule has 2 aliphatic rings. The lowest BCUT2D eigenvalue weighted by Crippen LogP contribution is -2.40. The summed E-state index contributed by atoms with van der Waals surface area (Å²) in [5.74, 6) is -0.175. The van der Waals surface area contributed by atoms with Gasteiger partial charge in [0.25, 0.3) is 10.0 Å². The number of rotatable bonds is 12. The summed E-state index contributed by atoms with van der Waals surface area (Å²) in [6.45, 7) is 0.682. The Balaban J connectivity index is 1.47. The highest BCUT2D eigenvalue weighted by molar-refractivity contribution is 8.02. The zero-order valence-electron chi connectivity index (χ0n) is 23.0. The molecular weight excluding hydrogens is 667 g/mol. The van der Waals surface area contributed by atoms with Crippen molar-refractivity contribution in [3.63, 3.8) is 0 Å². The summed E-state index contributed by atoms with van der Waals surface area (Å²) in [6.07, 6.45) is 3.97. The standard InChI is InChI=1S/C27H27Cl2F2N3O6S3/c1-14-26(42-15(2)33-14)43(36,37)34-7-8-41-24(34)25(35)39-22(10-18-19(28)11-32-12-20(18)29)17-5-6-21(40-27(30)31)23(9-17)38-13-16-3-4-16/h5-6,9,11-12,16,22,24,27H,3-4,7-8,10,13H2,1-2H3/p+1/t22-,24-/m0/s1. The third kappa shape index (κ3) is 7.54. The number of hydrogen-bond donors (Lipinski definition) is 0. The highest BCUT2D eigenvalue weighted by Gasteiger charge is 2.43. The number of nitrogens with one attached hydrogen (secondary N) is 1. The predicted octanol–water partition coefficient (Wildman–Crippen LogP) is 5.86. The number of aromatic nitrogens is 2. The number of hydrogen-bond acceptors (Lipinski definition) is 9. The Morgan fingerprint density at radius 1 is 1.19 bits per heavy atom. The van der Waals surface area contributed by atoms with E-state index in [-0.39, 0.29) is 38.7 Å². The number of sulfonamides is 1. The molecular formula is C27H28Cl2F2N3O6S3+. The van der Waals surface area contributed by atoms with Gasteiger partial charge in [-0.05, 0) is 50.3 Å². The molecule has 1 N–H and O–H groups in total. The Morgan fingerprint density at radius 2 is 1.91 bits per heavy atom. The zero-order valence-corrected chi connectivity index (χ0v) is 27.0. The van der Waals surface area contributed by atoms with Crippen LogP contribution in [0, 0.1) is 19.8 Å². The SMILES string of the molecule is Cc1nc(C)c(S(=O)(=O)N2CCS[C@H]2C(=O)O[C@@H](Cc2c(Cl)c[nH+]cc2Cl)c2ccc(OC(F)F)c(OCC3CC3)c2)s1.